The first kappa shape index (κ1) is 17.1. The minimum atomic E-state index is -0.103. The Kier molecular flexibility index (Phi) is 5.31. The Balaban J connectivity index is 1.71. The van der Waals surface area contributed by atoms with Gasteiger partial charge in [-0.2, -0.15) is 0 Å². The number of nitrogens with two attached hydrogens (primary N) is 1. The highest BCUT2D eigenvalue weighted by Gasteiger charge is 2.33. The Morgan fingerprint density at radius 3 is 2.58 bits per heavy atom. The number of hydrogen-bond acceptors (Lipinski definition) is 4. The molecule has 128 valence electrons. The molecule has 4 nitrogen and oxygen atoms in total. The summed E-state index contributed by atoms with van der Waals surface area (Å²) in [6.07, 6.45) is 3.43. The van der Waals surface area contributed by atoms with Crippen LogP contribution in [0.2, 0.25) is 0 Å². The Labute approximate surface area is 147 Å². The zero-order chi connectivity index (χ0) is 17.1. The summed E-state index contributed by atoms with van der Waals surface area (Å²) in [5.74, 6) is 1.09. The molecule has 0 radical (unpaired) electrons. The largest absolute Gasteiger partial charge is 0.344 e. The molecule has 2 aromatic rings. The summed E-state index contributed by atoms with van der Waals surface area (Å²) in [5, 5.41) is 5.75. The summed E-state index contributed by atoms with van der Waals surface area (Å²) in [4.78, 5) is 16.8. The first-order chi connectivity index (χ1) is 11.6. The second kappa shape index (κ2) is 7.45. The first-order valence-corrected chi connectivity index (χ1v) is 9.49. The molecule has 3 N–H and O–H groups in total. The molecule has 1 aromatic heterocycles. The minimum Gasteiger partial charge on any atom is -0.344 e. The predicted molar refractivity (Wildman–Crippen MR) is 97.9 cm³/mol. The highest BCUT2D eigenvalue weighted by Crippen LogP contribution is 2.41. The lowest BCUT2D eigenvalue weighted by molar-refractivity contribution is 0.0927. The van der Waals surface area contributed by atoms with Gasteiger partial charge in [0, 0.05) is 11.9 Å². The Bertz CT molecular complexity index is 689. The SMILES string of the molecule is CC(C)Cc1ccc(C(NC(=O)c2csc(CN)n2)C2CC2)cc1. The number of amides is 1. The van der Waals surface area contributed by atoms with Crippen molar-refractivity contribution in [3.05, 3.63) is 51.5 Å². The summed E-state index contributed by atoms with van der Waals surface area (Å²) >= 11 is 1.44. The van der Waals surface area contributed by atoms with E-state index < -0.39 is 0 Å². The molecule has 1 fully saturated rings. The molecular formula is C19H25N3OS. The third-order valence-corrected chi connectivity index (χ3v) is 5.19. The molecule has 1 aliphatic carbocycles. The fourth-order valence-corrected chi connectivity index (χ4v) is 3.61. The number of rotatable bonds is 7. The number of thiazole rings is 1. The second-order valence-electron chi connectivity index (χ2n) is 6.96. The van der Waals surface area contributed by atoms with Crippen LogP contribution in [0.1, 0.15) is 59.4 Å². The van der Waals surface area contributed by atoms with Crippen LogP contribution in [0.4, 0.5) is 0 Å². The zero-order valence-electron chi connectivity index (χ0n) is 14.3. The van der Waals surface area contributed by atoms with Crippen molar-refractivity contribution in [1.82, 2.24) is 10.3 Å². The summed E-state index contributed by atoms with van der Waals surface area (Å²) in [5.41, 5.74) is 8.59. The molecule has 5 heteroatoms. The topological polar surface area (TPSA) is 68.0 Å². The fraction of sp³-hybridized carbons (Fsp3) is 0.474. The number of carbonyl (C=O) groups is 1. The van der Waals surface area contributed by atoms with E-state index in [0.717, 1.165) is 11.4 Å². The van der Waals surface area contributed by atoms with Gasteiger partial charge in [0.1, 0.15) is 10.7 Å². The van der Waals surface area contributed by atoms with Crippen LogP contribution in [0.5, 0.6) is 0 Å². The van der Waals surface area contributed by atoms with Crippen molar-refractivity contribution in [3.63, 3.8) is 0 Å². The van der Waals surface area contributed by atoms with Crippen molar-refractivity contribution >= 4 is 17.2 Å². The van der Waals surface area contributed by atoms with E-state index in [4.69, 9.17) is 5.73 Å². The van der Waals surface area contributed by atoms with Gasteiger partial charge in [-0.15, -0.1) is 11.3 Å². The fourth-order valence-electron chi connectivity index (χ4n) is 2.96. The highest BCUT2D eigenvalue weighted by molar-refractivity contribution is 7.09. The third kappa shape index (κ3) is 4.22. The van der Waals surface area contributed by atoms with Gasteiger partial charge in [-0.25, -0.2) is 4.98 Å². The Morgan fingerprint density at radius 1 is 1.33 bits per heavy atom. The summed E-state index contributed by atoms with van der Waals surface area (Å²) in [6.45, 7) is 4.83. The summed E-state index contributed by atoms with van der Waals surface area (Å²) in [6, 6.07) is 8.77. The van der Waals surface area contributed by atoms with Crippen LogP contribution in [0, 0.1) is 11.8 Å². The maximum Gasteiger partial charge on any atom is 0.271 e. The molecule has 0 spiro atoms. The van der Waals surface area contributed by atoms with Crippen LogP contribution in [0.25, 0.3) is 0 Å². The number of hydrogen-bond donors (Lipinski definition) is 2. The van der Waals surface area contributed by atoms with Gasteiger partial charge in [0.15, 0.2) is 0 Å². The van der Waals surface area contributed by atoms with E-state index in [9.17, 15) is 4.79 Å². The van der Waals surface area contributed by atoms with Crippen LogP contribution in [0.15, 0.2) is 29.6 Å². The van der Waals surface area contributed by atoms with Gasteiger partial charge in [-0.05, 0) is 42.2 Å². The van der Waals surface area contributed by atoms with Crippen LogP contribution in [0.3, 0.4) is 0 Å². The number of nitrogens with zero attached hydrogens (tertiary/aromatic N) is 1. The smallest absolute Gasteiger partial charge is 0.271 e. The van der Waals surface area contributed by atoms with Gasteiger partial charge in [-0.3, -0.25) is 4.79 Å². The molecule has 1 aromatic carbocycles. The van der Waals surface area contributed by atoms with Gasteiger partial charge in [0.2, 0.25) is 0 Å². The Morgan fingerprint density at radius 2 is 2.04 bits per heavy atom. The molecule has 0 saturated heterocycles. The molecular weight excluding hydrogens is 318 g/mol. The number of aromatic nitrogens is 1. The molecule has 1 atom stereocenters. The standard InChI is InChI=1S/C19H25N3OS/c1-12(2)9-13-3-5-14(6-4-13)18(15-7-8-15)22-19(23)16-11-24-17(10-20)21-16/h3-6,11-12,15,18H,7-10,20H2,1-2H3,(H,22,23). The Hall–Kier alpha value is -1.72. The molecule has 0 aliphatic heterocycles. The van der Waals surface area contributed by atoms with E-state index in [2.05, 4.69) is 48.4 Å². The quantitative estimate of drug-likeness (QED) is 0.806. The van der Waals surface area contributed by atoms with E-state index in [1.807, 2.05) is 0 Å². The molecule has 24 heavy (non-hydrogen) atoms. The highest BCUT2D eigenvalue weighted by atomic mass is 32.1. The van der Waals surface area contributed by atoms with Crippen molar-refractivity contribution in [2.24, 2.45) is 17.6 Å². The van der Waals surface area contributed by atoms with Crippen molar-refractivity contribution in [1.29, 1.82) is 0 Å². The van der Waals surface area contributed by atoms with Crippen molar-refractivity contribution in [2.45, 2.75) is 45.7 Å². The van der Waals surface area contributed by atoms with E-state index in [1.54, 1.807) is 5.38 Å². The molecule has 1 amide bonds. The van der Waals surface area contributed by atoms with Crippen molar-refractivity contribution in [2.75, 3.05) is 0 Å². The van der Waals surface area contributed by atoms with Crippen LogP contribution < -0.4 is 11.1 Å². The average Bonchev–Trinajstić information content (AvgIpc) is 3.29. The van der Waals surface area contributed by atoms with Gasteiger partial charge >= 0.3 is 0 Å². The normalized spacial score (nSPS) is 15.5. The monoisotopic (exact) mass is 343 g/mol. The zero-order valence-corrected chi connectivity index (χ0v) is 15.1. The van der Waals surface area contributed by atoms with Crippen LogP contribution >= 0.6 is 11.3 Å². The predicted octanol–water partition coefficient (Wildman–Crippen LogP) is 3.68. The average molecular weight is 343 g/mol. The number of nitrogens with one attached hydrogen (secondary N) is 1. The molecule has 1 unspecified atom stereocenters. The van der Waals surface area contributed by atoms with Gasteiger partial charge in [0.25, 0.3) is 5.91 Å². The lowest BCUT2D eigenvalue weighted by Gasteiger charge is -2.19. The van der Waals surface area contributed by atoms with Gasteiger partial charge in [-0.1, -0.05) is 38.1 Å². The van der Waals surface area contributed by atoms with Crippen LogP contribution in [-0.2, 0) is 13.0 Å². The van der Waals surface area contributed by atoms with Gasteiger partial charge in [0.05, 0.1) is 6.04 Å². The van der Waals surface area contributed by atoms with Crippen molar-refractivity contribution < 1.29 is 4.79 Å². The van der Waals surface area contributed by atoms with E-state index in [-0.39, 0.29) is 11.9 Å². The molecule has 0 bridgehead atoms. The van der Waals surface area contributed by atoms with E-state index in [0.29, 0.717) is 24.1 Å². The summed E-state index contributed by atoms with van der Waals surface area (Å²) < 4.78 is 0. The third-order valence-electron chi connectivity index (χ3n) is 4.32. The van der Waals surface area contributed by atoms with E-state index in [1.165, 1.54) is 35.3 Å². The second-order valence-corrected chi connectivity index (χ2v) is 7.90. The molecule has 1 heterocycles. The van der Waals surface area contributed by atoms with E-state index >= 15 is 0 Å². The summed E-state index contributed by atoms with van der Waals surface area (Å²) in [7, 11) is 0. The van der Waals surface area contributed by atoms with Gasteiger partial charge < -0.3 is 11.1 Å². The lowest BCUT2D eigenvalue weighted by atomic mass is 9.97. The maximum absolute atomic E-state index is 12.5. The number of benzene rings is 1. The molecule has 1 aliphatic rings. The lowest BCUT2D eigenvalue weighted by Crippen LogP contribution is -2.30. The molecule has 1 saturated carbocycles. The van der Waals surface area contributed by atoms with Crippen molar-refractivity contribution in [3.8, 4) is 0 Å². The molecule has 3 rings (SSSR count). The minimum absolute atomic E-state index is 0.0774. The maximum atomic E-state index is 12.5. The van der Waals surface area contributed by atoms with Crippen LogP contribution in [-0.4, -0.2) is 10.9 Å². The first-order valence-electron chi connectivity index (χ1n) is 8.61. The number of carbonyl (C=O) groups excluding carboxylic acids is 1.